The number of urea groups is 1. The molecule has 2 atom stereocenters. The third-order valence-corrected chi connectivity index (χ3v) is 4.24. The molecule has 2 aliphatic rings. The number of hydrogen-bond acceptors (Lipinski definition) is 3. The Balaban J connectivity index is 1.75. The number of aliphatic carboxylic acids is 1. The van der Waals surface area contributed by atoms with Gasteiger partial charge in [0, 0.05) is 19.1 Å². The van der Waals surface area contributed by atoms with Gasteiger partial charge in [-0.1, -0.05) is 0 Å². The first-order chi connectivity index (χ1) is 9.01. The van der Waals surface area contributed by atoms with Gasteiger partial charge in [0.05, 0.1) is 18.1 Å². The zero-order chi connectivity index (χ0) is 13.9. The van der Waals surface area contributed by atoms with E-state index in [1.54, 1.807) is 0 Å². The molecule has 0 aromatic carbocycles. The summed E-state index contributed by atoms with van der Waals surface area (Å²) in [5.41, 5.74) is -0.534. The zero-order valence-electron chi connectivity index (χ0n) is 11.3. The minimum absolute atomic E-state index is 0.00334. The highest BCUT2D eigenvalue weighted by Gasteiger charge is 2.40. The monoisotopic (exact) mass is 270 g/mol. The van der Waals surface area contributed by atoms with Gasteiger partial charge in [0.15, 0.2) is 0 Å². The van der Waals surface area contributed by atoms with Crippen molar-refractivity contribution in [2.45, 2.75) is 50.7 Å². The van der Waals surface area contributed by atoms with Crippen LogP contribution in [-0.4, -0.2) is 41.9 Å². The predicted octanol–water partition coefficient (Wildman–Crippen LogP) is 1.11. The molecule has 0 aromatic rings. The summed E-state index contributed by atoms with van der Waals surface area (Å²) in [5.74, 6) is -0.514. The second kappa shape index (κ2) is 5.77. The van der Waals surface area contributed by atoms with Crippen LogP contribution in [0, 0.1) is 5.92 Å². The number of rotatable bonds is 5. The van der Waals surface area contributed by atoms with Crippen LogP contribution in [0.15, 0.2) is 0 Å². The van der Waals surface area contributed by atoms with Gasteiger partial charge in [-0.2, -0.15) is 0 Å². The minimum atomic E-state index is -0.863. The standard InChI is InChI=1S/C13H22N2O4/c1-9-10(3-6-19-9)8-14-12(18)15-13(4-2-5-13)7-11(16)17/h9-10H,2-8H2,1H3,(H,16,17)(H2,14,15,18). The molecule has 1 saturated carbocycles. The number of hydrogen-bond donors (Lipinski definition) is 3. The molecule has 1 saturated heterocycles. The van der Waals surface area contributed by atoms with Crippen molar-refractivity contribution >= 4 is 12.0 Å². The van der Waals surface area contributed by atoms with Gasteiger partial charge in [0.25, 0.3) is 0 Å². The van der Waals surface area contributed by atoms with Crippen LogP contribution >= 0.6 is 0 Å². The number of carboxylic acids is 1. The fraction of sp³-hybridized carbons (Fsp3) is 0.846. The van der Waals surface area contributed by atoms with Gasteiger partial charge >= 0.3 is 12.0 Å². The van der Waals surface area contributed by atoms with Crippen LogP contribution < -0.4 is 10.6 Å². The molecule has 0 aromatic heterocycles. The lowest BCUT2D eigenvalue weighted by molar-refractivity contribution is -0.139. The van der Waals surface area contributed by atoms with Crippen LogP contribution in [0.5, 0.6) is 0 Å². The third-order valence-electron chi connectivity index (χ3n) is 4.24. The fourth-order valence-electron chi connectivity index (χ4n) is 2.79. The Bertz CT molecular complexity index is 355. The van der Waals surface area contributed by atoms with Gasteiger partial charge < -0.3 is 20.5 Å². The second-order valence-corrected chi connectivity index (χ2v) is 5.66. The summed E-state index contributed by atoms with van der Waals surface area (Å²) in [5, 5.41) is 14.5. The summed E-state index contributed by atoms with van der Waals surface area (Å²) in [7, 11) is 0. The van der Waals surface area contributed by atoms with Crippen LogP contribution in [0.4, 0.5) is 4.79 Å². The summed E-state index contributed by atoms with van der Waals surface area (Å²) in [6.07, 6.45) is 3.61. The Labute approximate surface area is 112 Å². The number of ether oxygens (including phenoxy) is 1. The zero-order valence-corrected chi connectivity index (χ0v) is 11.3. The maximum Gasteiger partial charge on any atom is 0.315 e. The molecule has 0 bridgehead atoms. The normalized spacial score (nSPS) is 28.5. The van der Waals surface area contributed by atoms with E-state index in [0.29, 0.717) is 12.5 Å². The molecule has 2 amide bonds. The first kappa shape index (κ1) is 14.1. The lowest BCUT2D eigenvalue weighted by Crippen LogP contribution is -2.57. The lowest BCUT2D eigenvalue weighted by atomic mass is 9.74. The molecular weight excluding hydrogens is 248 g/mol. The van der Waals surface area contributed by atoms with Gasteiger partial charge in [-0.15, -0.1) is 0 Å². The molecule has 6 nitrogen and oxygen atoms in total. The molecule has 2 fully saturated rings. The average Bonchev–Trinajstić information content (AvgIpc) is 2.68. The minimum Gasteiger partial charge on any atom is -0.481 e. The van der Waals surface area contributed by atoms with Gasteiger partial charge in [-0.3, -0.25) is 4.79 Å². The Morgan fingerprint density at radius 3 is 2.63 bits per heavy atom. The molecule has 1 aliphatic heterocycles. The van der Waals surface area contributed by atoms with Crippen molar-refractivity contribution < 1.29 is 19.4 Å². The van der Waals surface area contributed by atoms with Crippen LogP contribution in [-0.2, 0) is 9.53 Å². The molecule has 3 N–H and O–H groups in total. The van der Waals surface area contributed by atoms with Crippen molar-refractivity contribution in [2.24, 2.45) is 5.92 Å². The third kappa shape index (κ3) is 3.59. The average molecular weight is 270 g/mol. The highest BCUT2D eigenvalue weighted by atomic mass is 16.5. The number of carbonyl (C=O) groups is 2. The van der Waals surface area contributed by atoms with Gasteiger partial charge in [0.2, 0.25) is 0 Å². The number of amides is 2. The van der Waals surface area contributed by atoms with E-state index in [-0.39, 0.29) is 18.6 Å². The van der Waals surface area contributed by atoms with E-state index in [0.717, 1.165) is 32.3 Å². The summed E-state index contributed by atoms with van der Waals surface area (Å²) < 4.78 is 5.43. The molecular formula is C13H22N2O4. The topological polar surface area (TPSA) is 87.7 Å². The van der Waals surface area contributed by atoms with Crippen molar-refractivity contribution in [1.29, 1.82) is 0 Å². The first-order valence-corrected chi connectivity index (χ1v) is 6.90. The largest absolute Gasteiger partial charge is 0.481 e. The van der Waals surface area contributed by atoms with Gasteiger partial charge in [-0.25, -0.2) is 4.79 Å². The summed E-state index contributed by atoms with van der Waals surface area (Å²) in [4.78, 5) is 22.7. The van der Waals surface area contributed by atoms with E-state index in [1.165, 1.54) is 0 Å². The Hall–Kier alpha value is -1.30. The van der Waals surface area contributed by atoms with Crippen LogP contribution in [0.1, 0.15) is 39.0 Å². The number of carboxylic acid groups (broad SMARTS) is 1. The molecule has 0 spiro atoms. The second-order valence-electron chi connectivity index (χ2n) is 5.66. The molecule has 108 valence electrons. The van der Waals surface area contributed by atoms with Crippen molar-refractivity contribution in [3.05, 3.63) is 0 Å². The van der Waals surface area contributed by atoms with Crippen molar-refractivity contribution in [1.82, 2.24) is 10.6 Å². The van der Waals surface area contributed by atoms with Crippen molar-refractivity contribution in [3.63, 3.8) is 0 Å². The maximum absolute atomic E-state index is 11.8. The molecule has 1 aliphatic carbocycles. The van der Waals surface area contributed by atoms with Gasteiger partial charge in [0.1, 0.15) is 0 Å². The maximum atomic E-state index is 11.8. The van der Waals surface area contributed by atoms with E-state index in [1.807, 2.05) is 6.92 Å². The molecule has 2 rings (SSSR count). The van der Waals surface area contributed by atoms with Crippen molar-refractivity contribution in [2.75, 3.05) is 13.2 Å². The lowest BCUT2D eigenvalue weighted by Gasteiger charge is -2.41. The summed E-state index contributed by atoms with van der Waals surface area (Å²) in [6.45, 7) is 3.34. The molecule has 19 heavy (non-hydrogen) atoms. The predicted molar refractivity (Wildman–Crippen MR) is 68.9 cm³/mol. The number of nitrogens with one attached hydrogen (secondary N) is 2. The van der Waals surface area contributed by atoms with Crippen LogP contribution in [0.25, 0.3) is 0 Å². The van der Waals surface area contributed by atoms with E-state index < -0.39 is 11.5 Å². The Morgan fingerprint density at radius 2 is 2.16 bits per heavy atom. The molecule has 2 unspecified atom stereocenters. The fourth-order valence-corrected chi connectivity index (χ4v) is 2.79. The van der Waals surface area contributed by atoms with E-state index in [9.17, 15) is 9.59 Å². The Kier molecular flexibility index (Phi) is 4.29. The SMILES string of the molecule is CC1OCCC1CNC(=O)NC1(CC(=O)O)CCC1. The van der Waals surface area contributed by atoms with E-state index >= 15 is 0 Å². The van der Waals surface area contributed by atoms with Gasteiger partial charge in [-0.05, 0) is 32.6 Å². The summed E-state index contributed by atoms with van der Waals surface area (Å²) in [6, 6.07) is -0.264. The van der Waals surface area contributed by atoms with E-state index in [2.05, 4.69) is 10.6 Å². The van der Waals surface area contributed by atoms with Crippen LogP contribution in [0.3, 0.4) is 0 Å². The van der Waals surface area contributed by atoms with Crippen molar-refractivity contribution in [3.8, 4) is 0 Å². The molecule has 0 radical (unpaired) electrons. The van der Waals surface area contributed by atoms with Crippen LogP contribution in [0.2, 0.25) is 0 Å². The first-order valence-electron chi connectivity index (χ1n) is 6.90. The smallest absolute Gasteiger partial charge is 0.315 e. The Morgan fingerprint density at radius 1 is 1.42 bits per heavy atom. The quantitative estimate of drug-likeness (QED) is 0.698. The highest BCUT2D eigenvalue weighted by molar-refractivity contribution is 5.77. The number of carbonyl (C=O) groups excluding carboxylic acids is 1. The molecule has 1 heterocycles. The molecule has 6 heteroatoms. The summed E-state index contributed by atoms with van der Waals surface area (Å²) >= 11 is 0. The van der Waals surface area contributed by atoms with E-state index in [4.69, 9.17) is 9.84 Å². The highest BCUT2D eigenvalue weighted by Crippen LogP contribution is 2.34.